The van der Waals surface area contributed by atoms with Gasteiger partial charge in [-0.05, 0) is 73.5 Å². The van der Waals surface area contributed by atoms with E-state index in [-0.39, 0.29) is 17.9 Å². The summed E-state index contributed by atoms with van der Waals surface area (Å²) < 4.78 is 0.931. The Morgan fingerprint density at radius 1 is 0.909 bits per heavy atom. The minimum absolute atomic E-state index is 0.0564. The highest BCUT2D eigenvalue weighted by Crippen LogP contribution is 2.38. The van der Waals surface area contributed by atoms with Crippen LogP contribution >= 0.6 is 15.9 Å². The van der Waals surface area contributed by atoms with Gasteiger partial charge in [-0.3, -0.25) is 14.7 Å². The number of halogens is 1. The number of nitrogens with zero attached hydrogens (tertiary/aromatic N) is 2. The molecular formula is C37H36BrN3O3. The van der Waals surface area contributed by atoms with Gasteiger partial charge in [-0.25, -0.2) is 4.79 Å². The highest BCUT2D eigenvalue weighted by molar-refractivity contribution is 9.10. The highest BCUT2D eigenvalue weighted by Gasteiger charge is 2.34. The van der Waals surface area contributed by atoms with E-state index in [4.69, 9.17) is 4.99 Å². The summed E-state index contributed by atoms with van der Waals surface area (Å²) in [4.78, 5) is 34.0. The third kappa shape index (κ3) is 6.69. The molecule has 1 aliphatic heterocycles. The zero-order valence-electron chi connectivity index (χ0n) is 24.5. The predicted molar refractivity (Wildman–Crippen MR) is 178 cm³/mol. The number of para-hydroxylation sites is 1. The minimum Gasteiger partial charge on any atom is -0.480 e. The Balaban J connectivity index is 1.35. The molecule has 2 N–H and O–H groups in total. The molecule has 1 aliphatic carbocycles. The second-order valence-electron chi connectivity index (χ2n) is 11.6. The number of fused-ring (bicyclic) bond motifs is 1. The average molecular weight is 651 g/mol. The van der Waals surface area contributed by atoms with Crippen molar-refractivity contribution in [2.75, 3.05) is 11.9 Å². The van der Waals surface area contributed by atoms with E-state index in [2.05, 4.69) is 44.3 Å². The highest BCUT2D eigenvalue weighted by atomic mass is 79.9. The van der Waals surface area contributed by atoms with Crippen molar-refractivity contribution in [1.29, 1.82) is 0 Å². The monoisotopic (exact) mass is 649 g/mol. The first-order valence-electron chi connectivity index (χ1n) is 15.3. The van der Waals surface area contributed by atoms with Crippen LogP contribution in [0.3, 0.4) is 0 Å². The van der Waals surface area contributed by atoms with E-state index in [1.165, 1.54) is 11.1 Å². The Morgan fingerprint density at radius 3 is 2.41 bits per heavy atom. The van der Waals surface area contributed by atoms with E-state index in [1.54, 1.807) is 0 Å². The zero-order valence-corrected chi connectivity index (χ0v) is 26.1. The molecule has 0 saturated carbocycles. The van der Waals surface area contributed by atoms with Gasteiger partial charge in [-0.1, -0.05) is 101 Å². The number of nitrogens with one attached hydrogen (secondary N) is 1. The number of benzene rings is 4. The van der Waals surface area contributed by atoms with Crippen molar-refractivity contribution >= 4 is 39.2 Å². The van der Waals surface area contributed by atoms with Gasteiger partial charge in [-0.2, -0.15) is 0 Å². The first-order valence-corrected chi connectivity index (χ1v) is 16.1. The first-order chi connectivity index (χ1) is 21.5. The van der Waals surface area contributed by atoms with Gasteiger partial charge >= 0.3 is 5.97 Å². The van der Waals surface area contributed by atoms with Crippen molar-refractivity contribution in [2.45, 2.75) is 56.7 Å². The Hall–Kier alpha value is -4.07. The number of aliphatic carboxylic acids is 1. The number of carbonyl (C=O) groups excluding carboxylic acids is 1. The van der Waals surface area contributed by atoms with E-state index in [1.807, 2.05) is 84.9 Å². The topological polar surface area (TPSA) is 82.0 Å². The SMILES string of the molecule is O=C(O)[C@@H](/N=C(\c1ccccc1)c1ccccc1NC(=O)[C@@H]1CCCN1Cc1ccccc1)[C@@H]1CCCc2ccc(Br)cc21. The molecule has 3 atom stereocenters. The van der Waals surface area contributed by atoms with Crippen molar-refractivity contribution in [2.24, 2.45) is 4.99 Å². The van der Waals surface area contributed by atoms with E-state index >= 15 is 0 Å². The summed E-state index contributed by atoms with van der Waals surface area (Å²) in [5, 5.41) is 13.8. The van der Waals surface area contributed by atoms with Crippen molar-refractivity contribution in [3.8, 4) is 0 Å². The van der Waals surface area contributed by atoms with Crippen LogP contribution in [0, 0.1) is 0 Å². The molecule has 1 heterocycles. The van der Waals surface area contributed by atoms with E-state index in [0.717, 1.165) is 60.8 Å². The molecular weight excluding hydrogens is 614 g/mol. The van der Waals surface area contributed by atoms with Crippen LogP contribution in [0.1, 0.15) is 59.4 Å². The number of carboxylic acid groups (broad SMARTS) is 1. The smallest absolute Gasteiger partial charge is 0.329 e. The molecule has 7 heteroatoms. The van der Waals surface area contributed by atoms with Crippen LogP contribution in [0.25, 0.3) is 0 Å². The second kappa shape index (κ2) is 13.7. The zero-order chi connectivity index (χ0) is 30.5. The third-order valence-electron chi connectivity index (χ3n) is 8.75. The predicted octanol–water partition coefficient (Wildman–Crippen LogP) is 7.46. The number of rotatable bonds is 9. The first kappa shape index (κ1) is 30.0. The molecule has 224 valence electrons. The number of amides is 1. The lowest BCUT2D eigenvalue weighted by molar-refractivity contribution is -0.139. The number of hydrogen-bond acceptors (Lipinski definition) is 4. The molecule has 4 aromatic carbocycles. The maximum absolute atomic E-state index is 13.8. The van der Waals surface area contributed by atoms with Gasteiger partial charge < -0.3 is 10.4 Å². The van der Waals surface area contributed by atoms with Crippen LogP contribution in [0.2, 0.25) is 0 Å². The lowest BCUT2D eigenvalue weighted by atomic mass is 9.78. The Kier molecular flexibility index (Phi) is 9.34. The maximum Gasteiger partial charge on any atom is 0.329 e. The van der Waals surface area contributed by atoms with E-state index < -0.39 is 12.0 Å². The van der Waals surface area contributed by atoms with E-state index in [0.29, 0.717) is 17.0 Å². The molecule has 0 unspecified atom stereocenters. The van der Waals surface area contributed by atoms with Crippen LogP contribution in [0.4, 0.5) is 5.69 Å². The molecule has 1 fully saturated rings. The van der Waals surface area contributed by atoms with Crippen LogP contribution in [0.15, 0.2) is 113 Å². The number of aryl methyl sites for hydroxylation is 1. The van der Waals surface area contributed by atoms with Crippen LogP contribution in [-0.2, 0) is 22.6 Å². The molecule has 44 heavy (non-hydrogen) atoms. The lowest BCUT2D eigenvalue weighted by Crippen LogP contribution is -2.39. The summed E-state index contributed by atoms with van der Waals surface area (Å²) in [6.07, 6.45) is 4.33. The van der Waals surface area contributed by atoms with Crippen molar-refractivity contribution in [3.63, 3.8) is 0 Å². The normalized spacial score (nSPS) is 19.2. The van der Waals surface area contributed by atoms with Gasteiger partial charge in [0.1, 0.15) is 0 Å². The van der Waals surface area contributed by atoms with E-state index in [9.17, 15) is 14.7 Å². The van der Waals surface area contributed by atoms with Gasteiger partial charge in [0.25, 0.3) is 0 Å². The van der Waals surface area contributed by atoms with Gasteiger partial charge in [0.2, 0.25) is 5.91 Å². The van der Waals surface area contributed by atoms with Crippen molar-refractivity contribution < 1.29 is 14.7 Å². The van der Waals surface area contributed by atoms with Gasteiger partial charge in [0, 0.05) is 28.1 Å². The average Bonchev–Trinajstić information content (AvgIpc) is 3.51. The maximum atomic E-state index is 13.8. The summed E-state index contributed by atoms with van der Waals surface area (Å²) in [5.74, 6) is -1.28. The molecule has 6 rings (SSSR count). The number of anilines is 1. The van der Waals surface area contributed by atoms with Crippen molar-refractivity contribution in [3.05, 3.63) is 135 Å². The molecule has 1 amide bonds. The molecule has 0 spiro atoms. The Labute approximate surface area is 267 Å². The number of aliphatic imine (C=N–C) groups is 1. The Bertz CT molecular complexity index is 1660. The number of hydrogen-bond donors (Lipinski definition) is 2. The molecule has 0 aromatic heterocycles. The summed E-state index contributed by atoms with van der Waals surface area (Å²) >= 11 is 3.58. The molecule has 1 saturated heterocycles. The number of carbonyl (C=O) groups is 2. The molecule has 6 nitrogen and oxygen atoms in total. The summed E-state index contributed by atoms with van der Waals surface area (Å²) in [6, 6.07) is 32.4. The standard InChI is InChI=1S/C37H36BrN3O3/c38-28-21-20-26-15-9-17-29(31(26)23-28)35(37(43)44)40-34(27-13-5-2-6-14-27)30-16-7-8-18-32(30)39-36(42)33-19-10-22-41(33)24-25-11-3-1-4-12-25/h1-8,11-14,16,18,20-21,23,29,33,35H,9-10,15,17,19,22,24H2,(H,39,42)(H,43,44)/b40-34+/t29-,33+,35+/m1/s1. The van der Waals surface area contributed by atoms with Crippen LogP contribution in [-0.4, -0.2) is 46.2 Å². The molecule has 4 aromatic rings. The fourth-order valence-electron chi connectivity index (χ4n) is 6.63. The third-order valence-corrected chi connectivity index (χ3v) is 9.25. The minimum atomic E-state index is -0.987. The van der Waals surface area contributed by atoms with Gasteiger partial charge in [0.15, 0.2) is 6.04 Å². The van der Waals surface area contributed by atoms with Crippen LogP contribution < -0.4 is 5.32 Å². The van der Waals surface area contributed by atoms with Gasteiger partial charge in [-0.15, -0.1) is 0 Å². The van der Waals surface area contributed by atoms with Gasteiger partial charge in [0.05, 0.1) is 17.4 Å². The summed E-state index contributed by atoms with van der Waals surface area (Å²) in [7, 11) is 0. The lowest BCUT2D eigenvalue weighted by Gasteiger charge is -2.29. The van der Waals surface area contributed by atoms with Crippen molar-refractivity contribution in [1.82, 2.24) is 4.90 Å². The molecule has 0 radical (unpaired) electrons. The molecule has 2 aliphatic rings. The second-order valence-corrected chi connectivity index (χ2v) is 12.5. The Morgan fingerprint density at radius 2 is 1.64 bits per heavy atom. The number of likely N-dealkylation sites (tertiary alicyclic amines) is 1. The summed E-state index contributed by atoms with van der Waals surface area (Å²) in [5.41, 5.74) is 6.09. The fraction of sp³-hybridized carbons (Fsp3) is 0.270. The number of carboxylic acids is 1. The largest absolute Gasteiger partial charge is 0.480 e. The quantitative estimate of drug-likeness (QED) is 0.184. The summed E-state index contributed by atoms with van der Waals surface area (Å²) in [6.45, 7) is 1.58. The fourth-order valence-corrected chi connectivity index (χ4v) is 7.01. The molecule has 0 bridgehead atoms. The van der Waals surface area contributed by atoms with Crippen LogP contribution in [0.5, 0.6) is 0 Å².